The molecule has 1 heterocycles. The maximum absolute atomic E-state index is 13.0. The normalized spacial score (nSPS) is 20.1. The summed E-state index contributed by atoms with van der Waals surface area (Å²) in [6.45, 7) is 7.60. The molecule has 9 nitrogen and oxygen atoms in total. The SMILES string of the molecule is COC(=O)[C@H](NC(=O)[C@@H]1[C@@H](NC(=O)NC(C)C)CCN1C(=O)CSC)C(C)C. The van der Waals surface area contributed by atoms with Gasteiger partial charge < -0.3 is 25.6 Å². The van der Waals surface area contributed by atoms with Gasteiger partial charge in [0, 0.05) is 12.6 Å². The predicted molar refractivity (Wildman–Crippen MR) is 108 cm³/mol. The fraction of sp³-hybridized carbons (Fsp3) is 0.778. The third-order valence-electron chi connectivity index (χ3n) is 4.41. The van der Waals surface area contributed by atoms with Crippen LogP contribution in [0.4, 0.5) is 4.79 Å². The highest BCUT2D eigenvalue weighted by Crippen LogP contribution is 2.20. The highest BCUT2D eigenvalue weighted by Gasteiger charge is 2.43. The number of urea groups is 1. The van der Waals surface area contributed by atoms with E-state index >= 15 is 0 Å². The van der Waals surface area contributed by atoms with Gasteiger partial charge in [0.1, 0.15) is 12.1 Å². The molecule has 0 aromatic heterocycles. The average Bonchev–Trinajstić information content (AvgIpc) is 3.01. The van der Waals surface area contributed by atoms with Crippen LogP contribution < -0.4 is 16.0 Å². The number of nitrogens with one attached hydrogen (secondary N) is 3. The molecule has 0 radical (unpaired) electrons. The Morgan fingerprint density at radius 3 is 2.29 bits per heavy atom. The molecule has 0 aromatic carbocycles. The number of carbonyl (C=O) groups is 4. The Labute approximate surface area is 170 Å². The largest absolute Gasteiger partial charge is 0.467 e. The van der Waals surface area contributed by atoms with Gasteiger partial charge in [0.15, 0.2) is 0 Å². The van der Waals surface area contributed by atoms with Crippen molar-refractivity contribution in [2.75, 3.05) is 25.7 Å². The Kier molecular flexibility index (Phi) is 9.57. The summed E-state index contributed by atoms with van der Waals surface area (Å²) in [5, 5.41) is 8.20. The molecule has 28 heavy (non-hydrogen) atoms. The maximum atomic E-state index is 13.0. The second-order valence-electron chi connectivity index (χ2n) is 7.39. The van der Waals surface area contributed by atoms with Crippen LogP contribution in [0.5, 0.6) is 0 Å². The molecule has 160 valence electrons. The molecule has 0 spiro atoms. The first-order chi connectivity index (χ1) is 13.1. The standard InChI is InChI=1S/C18H32N4O5S/c1-10(2)14(17(25)27-5)21-16(24)15-12(20-18(26)19-11(3)4)7-8-22(15)13(23)9-28-6/h10-12,14-15H,7-9H2,1-6H3,(H,21,24)(H2,19,20,26)/t12-,14+,15-/m0/s1. The van der Waals surface area contributed by atoms with Crippen LogP contribution in [0.25, 0.3) is 0 Å². The topological polar surface area (TPSA) is 117 Å². The molecule has 0 saturated carbocycles. The molecule has 1 aliphatic heterocycles. The third kappa shape index (κ3) is 6.57. The maximum Gasteiger partial charge on any atom is 0.328 e. The van der Waals surface area contributed by atoms with Crippen LogP contribution in [0.1, 0.15) is 34.1 Å². The van der Waals surface area contributed by atoms with Crippen LogP contribution in [0, 0.1) is 5.92 Å². The molecule has 0 bridgehead atoms. The Morgan fingerprint density at radius 2 is 1.79 bits per heavy atom. The van der Waals surface area contributed by atoms with Crippen LogP contribution in [0.3, 0.4) is 0 Å². The number of esters is 1. The molecule has 0 unspecified atom stereocenters. The summed E-state index contributed by atoms with van der Waals surface area (Å²) in [4.78, 5) is 51.1. The van der Waals surface area contributed by atoms with Crippen molar-refractivity contribution in [3.05, 3.63) is 0 Å². The summed E-state index contributed by atoms with van der Waals surface area (Å²) in [6, 6.07) is -2.72. The van der Waals surface area contributed by atoms with Crippen molar-refractivity contribution in [3.63, 3.8) is 0 Å². The van der Waals surface area contributed by atoms with E-state index in [0.29, 0.717) is 13.0 Å². The van der Waals surface area contributed by atoms with Crippen LogP contribution >= 0.6 is 11.8 Å². The van der Waals surface area contributed by atoms with Crippen molar-refractivity contribution in [2.24, 2.45) is 5.92 Å². The molecule has 0 aromatic rings. The van der Waals surface area contributed by atoms with E-state index < -0.39 is 36.0 Å². The van der Waals surface area contributed by atoms with Gasteiger partial charge in [-0.3, -0.25) is 9.59 Å². The molecule has 4 amide bonds. The minimum absolute atomic E-state index is 0.0625. The first-order valence-electron chi connectivity index (χ1n) is 9.36. The molecular weight excluding hydrogens is 384 g/mol. The number of ether oxygens (including phenoxy) is 1. The monoisotopic (exact) mass is 416 g/mol. The first kappa shape index (κ1) is 24.1. The van der Waals surface area contributed by atoms with Crippen molar-refractivity contribution in [3.8, 4) is 0 Å². The minimum atomic E-state index is -0.886. The van der Waals surface area contributed by atoms with E-state index in [9.17, 15) is 19.2 Å². The smallest absolute Gasteiger partial charge is 0.328 e. The summed E-state index contributed by atoms with van der Waals surface area (Å²) < 4.78 is 4.77. The van der Waals surface area contributed by atoms with Crippen molar-refractivity contribution in [2.45, 2.75) is 58.3 Å². The van der Waals surface area contributed by atoms with Gasteiger partial charge in [-0.25, -0.2) is 9.59 Å². The van der Waals surface area contributed by atoms with E-state index in [-0.39, 0.29) is 23.6 Å². The van der Waals surface area contributed by atoms with E-state index in [0.717, 1.165) is 0 Å². The lowest BCUT2D eigenvalue weighted by molar-refractivity contribution is -0.147. The molecule has 10 heteroatoms. The van der Waals surface area contributed by atoms with Gasteiger partial charge in [-0.1, -0.05) is 13.8 Å². The summed E-state index contributed by atoms with van der Waals surface area (Å²) in [7, 11) is 1.26. The molecule has 3 atom stereocenters. The summed E-state index contributed by atoms with van der Waals surface area (Å²) >= 11 is 1.36. The number of likely N-dealkylation sites (tertiary alicyclic amines) is 1. The fourth-order valence-corrected chi connectivity index (χ4v) is 3.50. The zero-order valence-electron chi connectivity index (χ0n) is 17.4. The lowest BCUT2D eigenvalue weighted by Crippen LogP contribution is -2.59. The first-order valence-corrected chi connectivity index (χ1v) is 10.7. The average molecular weight is 417 g/mol. The molecule has 1 saturated heterocycles. The van der Waals surface area contributed by atoms with Gasteiger partial charge >= 0.3 is 12.0 Å². The predicted octanol–water partition coefficient (Wildman–Crippen LogP) is 0.340. The molecule has 0 aliphatic carbocycles. The molecule has 3 N–H and O–H groups in total. The number of hydrogen-bond acceptors (Lipinski definition) is 6. The Bertz CT molecular complexity index is 584. The number of thioether (sulfide) groups is 1. The number of amides is 4. The van der Waals surface area contributed by atoms with E-state index in [1.54, 1.807) is 20.1 Å². The Hall–Kier alpha value is -1.97. The van der Waals surface area contributed by atoms with Crippen molar-refractivity contribution < 1.29 is 23.9 Å². The zero-order chi connectivity index (χ0) is 21.4. The van der Waals surface area contributed by atoms with Crippen LogP contribution in [-0.2, 0) is 19.1 Å². The Balaban J connectivity index is 3.02. The number of methoxy groups -OCH3 is 1. The summed E-state index contributed by atoms with van der Waals surface area (Å²) in [5.74, 6) is -1.17. The third-order valence-corrected chi connectivity index (χ3v) is 4.95. The lowest BCUT2D eigenvalue weighted by Gasteiger charge is -2.30. The zero-order valence-corrected chi connectivity index (χ0v) is 18.2. The fourth-order valence-electron chi connectivity index (χ4n) is 3.09. The van der Waals surface area contributed by atoms with E-state index in [1.165, 1.54) is 23.8 Å². The lowest BCUT2D eigenvalue weighted by atomic mass is 10.0. The number of carbonyl (C=O) groups excluding carboxylic acids is 4. The summed E-state index contributed by atoms with van der Waals surface area (Å²) in [6.07, 6.45) is 2.26. The van der Waals surface area contributed by atoms with Crippen molar-refractivity contribution in [1.82, 2.24) is 20.9 Å². The van der Waals surface area contributed by atoms with Crippen molar-refractivity contribution in [1.29, 1.82) is 0 Å². The highest BCUT2D eigenvalue weighted by molar-refractivity contribution is 7.99. The second kappa shape index (κ2) is 11.1. The van der Waals surface area contributed by atoms with E-state index in [4.69, 9.17) is 4.74 Å². The van der Waals surface area contributed by atoms with E-state index in [2.05, 4.69) is 16.0 Å². The summed E-state index contributed by atoms with van der Waals surface area (Å²) in [5.41, 5.74) is 0. The van der Waals surface area contributed by atoms with Gasteiger partial charge in [0.25, 0.3) is 0 Å². The highest BCUT2D eigenvalue weighted by atomic mass is 32.2. The Morgan fingerprint density at radius 1 is 1.14 bits per heavy atom. The van der Waals surface area contributed by atoms with Gasteiger partial charge in [0.2, 0.25) is 11.8 Å². The molecular formula is C18H32N4O5S. The minimum Gasteiger partial charge on any atom is -0.467 e. The van der Waals surface area contributed by atoms with Crippen molar-refractivity contribution >= 4 is 35.6 Å². The number of hydrogen-bond donors (Lipinski definition) is 3. The van der Waals surface area contributed by atoms with Crippen LogP contribution in [0.2, 0.25) is 0 Å². The number of nitrogens with zero attached hydrogens (tertiary/aromatic N) is 1. The molecule has 1 fully saturated rings. The van der Waals surface area contributed by atoms with Gasteiger partial charge in [-0.15, -0.1) is 0 Å². The quantitative estimate of drug-likeness (QED) is 0.491. The van der Waals surface area contributed by atoms with Gasteiger partial charge in [-0.05, 0) is 32.4 Å². The van der Waals surface area contributed by atoms with Gasteiger partial charge in [0.05, 0.1) is 18.9 Å². The van der Waals surface area contributed by atoms with Gasteiger partial charge in [-0.2, -0.15) is 11.8 Å². The molecule has 1 rings (SSSR count). The molecule has 1 aliphatic rings. The van der Waals surface area contributed by atoms with E-state index in [1.807, 2.05) is 13.8 Å². The van der Waals surface area contributed by atoms with Crippen LogP contribution in [0.15, 0.2) is 0 Å². The van der Waals surface area contributed by atoms with Crippen LogP contribution in [-0.4, -0.2) is 78.5 Å². The number of rotatable bonds is 8. The second-order valence-corrected chi connectivity index (χ2v) is 8.25.